The molecule has 1 aromatic carbocycles. The van der Waals surface area contributed by atoms with Crippen molar-refractivity contribution in [2.24, 2.45) is 7.05 Å². The van der Waals surface area contributed by atoms with Gasteiger partial charge in [0.25, 0.3) is 5.91 Å². The van der Waals surface area contributed by atoms with E-state index in [2.05, 4.69) is 15.9 Å². The molecule has 2 aliphatic heterocycles. The van der Waals surface area contributed by atoms with Crippen molar-refractivity contribution < 1.29 is 9.18 Å². The van der Waals surface area contributed by atoms with Crippen LogP contribution in [0.1, 0.15) is 16.1 Å². The Morgan fingerprint density at radius 1 is 1.00 bits per heavy atom. The number of aryl methyl sites for hydroxylation is 1. The summed E-state index contributed by atoms with van der Waals surface area (Å²) in [7, 11) is 1.96. The second-order valence-electron chi connectivity index (χ2n) is 7.18. The first kappa shape index (κ1) is 17.8. The fraction of sp³-hybridized carbons (Fsp3) is 0.381. The van der Waals surface area contributed by atoms with E-state index in [1.807, 2.05) is 47.0 Å². The zero-order chi connectivity index (χ0) is 18.8. The highest BCUT2D eigenvalue weighted by molar-refractivity contribution is 5.98. The van der Waals surface area contributed by atoms with Crippen LogP contribution in [0, 0.1) is 5.82 Å². The number of piperazine rings is 1. The van der Waals surface area contributed by atoms with Gasteiger partial charge in [-0.15, -0.1) is 0 Å². The fourth-order valence-corrected chi connectivity index (χ4v) is 3.81. The minimum atomic E-state index is -0.199. The number of aromatic nitrogens is 1. The van der Waals surface area contributed by atoms with Gasteiger partial charge in [0.15, 0.2) is 0 Å². The maximum absolute atomic E-state index is 13.1. The van der Waals surface area contributed by atoms with Crippen molar-refractivity contribution in [1.82, 2.24) is 14.4 Å². The highest BCUT2D eigenvalue weighted by atomic mass is 19.1. The highest BCUT2D eigenvalue weighted by Gasteiger charge is 2.23. The maximum Gasteiger partial charge on any atom is 0.256 e. The first-order chi connectivity index (χ1) is 13.1. The van der Waals surface area contributed by atoms with Crippen LogP contribution in [0.3, 0.4) is 0 Å². The summed E-state index contributed by atoms with van der Waals surface area (Å²) >= 11 is 0. The highest BCUT2D eigenvalue weighted by Crippen LogP contribution is 2.19. The number of amides is 1. The third-order valence-corrected chi connectivity index (χ3v) is 5.49. The van der Waals surface area contributed by atoms with Crippen molar-refractivity contribution in [2.75, 3.05) is 50.7 Å². The van der Waals surface area contributed by atoms with Gasteiger partial charge in [0.05, 0.1) is 11.3 Å². The van der Waals surface area contributed by atoms with Crippen LogP contribution in [0.4, 0.5) is 10.1 Å². The molecule has 142 valence electrons. The first-order valence-electron chi connectivity index (χ1n) is 9.46. The van der Waals surface area contributed by atoms with Crippen molar-refractivity contribution in [1.29, 1.82) is 0 Å². The van der Waals surface area contributed by atoms with Crippen molar-refractivity contribution in [3.63, 3.8) is 0 Å². The number of hydrogen-bond acceptors (Lipinski definition) is 3. The van der Waals surface area contributed by atoms with Crippen LogP contribution in [0.25, 0.3) is 6.08 Å². The topological polar surface area (TPSA) is 31.7 Å². The molecule has 0 saturated carbocycles. The summed E-state index contributed by atoms with van der Waals surface area (Å²) in [5.41, 5.74) is 2.84. The number of rotatable bonds is 4. The van der Waals surface area contributed by atoms with E-state index in [4.69, 9.17) is 0 Å². The van der Waals surface area contributed by atoms with Gasteiger partial charge in [-0.2, -0.15) is 0 Å². The third-order valence-electron chi connectivity index (χ3n) is 5.49. The quantitative estimate of drug-likeness (QED) is 0.831. The van der Waals surface area contributed by atoms with Gasteiger partial charge in [0.1, 0.15) is 5.82 Å². The Morgan fingerprint density at radius 2 is 1.74 bits per heavy atom. The fourth-order valence-electron chi connectivity index (χ4n) is 3.81. The predicted molar refractivity (Wildman–Crippen MR) is 105 cm³/mol. The average molecular weight is 368 g/mol. The molecule has 2 aromatic rings. The molecule has 0 bridgehead atoms. The number of halogens is 1. The lowest BCUT2D eigenvalue weighted by molar-refractivity contribution is 0.0755. The molecule has 0 aliphatic carbocycles. The third kappa shape index (κ3) is 3.76. The lowest BCUT2D eigenvalue weighted by atomic mass is 10.2. The van der Waals surface area contributed by atoms with Gasteiger partial charge in [0.2, 0.25) is 0 Å². The molecule has 1 saturated heterocycles. The molecule has 1 fully saturated rings. The molecular weight excluding hydrogens is 343 g/mol. The van der Waals surface area contributed by atoms with Crippen LogP contribution >= 0.6 is 0 Å². The normalized spacial score (nSPS) is 17.9. The van der Waals surface area contributed by atoms with Gasteiger partial charge in [-0.05, 0) is 36.4 Å². The van der Waals surface area contributed by atoms with Gasteiger partial charge in [-0.3, -0.25) is 9.69 Å². The summed E-state index contributed by atoms with van der Waals surface area (Å²) in [5.74, 6) is -0.0873. The van der Waals surface area contributed by atoms with Crippen LogP contribution in [-0.4, -0.2) is 66.1 Å². The molecule has 0 spiro atoms. The minimum Gasteiger partial charge on any atom is -0.369 e. The molecule has 2 aliphatic rings. The second-order valence-corrected chi connectivity index (χ2v) is 7.18. The molecule has 0 unspecified atom stereocenters. The zero-order valence-corrected chi connectivity index (χ0v) is 15.6. The summed E-state index contributed by atoms with van der Waals surface area (Å²) in [6, 6.07) is 8.60. The van der Waals surface area contributed by atoms with Crippen molar-refractivity contribution in [2.45, 2.75) is 0 Å². The number of benzene rings is 1. The minimum absolute atomic E-state index is 0.112. The number of carbonyl (C=O) groups is 1. The Balaban J connectivity index is 1.31. The number of anilines is 1. The summed E-state index contributed by atoms with van der Waals surface area (Å²) < 4.78 is 15.1. The largest absolute Gasteiger partial charge is 0.369 e. The van der Waals surface area contributed by atoms with Gasteiger partial charge in [-0.1, -0.05) is 6.08 Å². The molecule has 27 heavy (non-hydrogen) atoms. The smallest absolute Gasteiger partial charge is 0.256 e. The number of nitrogens with zero attached hydrogens (tertiary/aromatic N) is 4. The summed E-state index contributed by atoms with van der Waals surface area (Å²) in [4.78, 5) is 19.4. The molecule has 6 heteroatoms. The van der Waals surface area contributed by atoms with Crippen LogP contribution < -0.4 is 4.90 Å². The number of carbonyl (C=O) groups excluding carboxylic acids is 1. The predicted octanol–water partition coefficient (Wildman–Crippen LogP) is 2.46. The monoisotopic (exact) mass is 368 g/mol. The van der Waals surface area contributed by atoms with Gasteiger partial charge < -0.3 is 14.4 Å². The Labute approximate surface area is 159 Å². The van der Waals surface area contributed by atoms with E-state index in [9.17, 15) is 9.18 Å². The number of fused-ring (bicyclic) bond motifs is 1. The average Bonchev–Trinajstić information content (AvgIpc) is 2.97. The van der Waals surface area contributed by atoms with Crippen LogP contribution in [0.5, 0.6) is 0 Å². The van der Waals surface area contributed by atoms with Crippen LogP contribution in [0.15, 0.2) is 42.6 Å². The Bertz CT molecular complexity index is 834. The van der Waals surface area contributed by atoms with E-state index in [1.54, 1.807) is 0 Å². The second kappa shape index (κ2) is 7.56. The van der Waals surface area contributed by atoms with Crippen LogP contribution in [-0.2, 0) is 7.05 Å². The van der Waals surface area contributed by atoms with Crippen LogP contribution in [0.2, 0.25) is 0 Å². The maximum atomic E-state index is 13.1. The summed E-state index contributed by atoms with van der Waals surface area (Å²) in [6.07, 6.45) is 6.04. The Kier molecular flexibility index (Phi) is 4.99. The van der Waals surface area contributed by atoms with Crippen molar-refractivity contribution in [3.05, 3.63) is 59.7 Å². The zero-order valence-electron chi connectivity index (χ0n) is 15.6. The molecule has 4 rings (SSSR count). The summed E-state index contributed by atoms with van der Waals surface area (Å²) in [5, 5.41) is 0. The molecule has 1 amide bonds. The SMILES string of the molecule is Cn1ccc2c1C=CCN(CCN1CCN(c3ccc(F)cc3)CC1)C2=O. The molecule has 0 radical (unpaired) electrons. The lowest BCUT2D eigenvalue weighted by Gasteiger charge is -2.37. The molecule has 0 N–H and O–H groups in total. The van der Waals surface area contributed by atoms with E-state index >= 15 is 0 Å². The van der Waals surface area contributed by atoms with Gasteiger partial charge >= 0.3 is 0 Å². The van der Waals surface area contributed by atoms with E-state index in [-0.39, 0.29) is 11.7 Å². The van der Waals surface area contributed by atoms with E-state index < -0.39 is 0 Å². The molecule has 3 heterocycles. The van der Waals surface area contributed by atoms with Crippen molar-refractivity contribution >= 4 is 17.7 Å². The molecular formula is C21H25FN4O. The standard InChI is InChI=1S/C21H25FN4O/c1-23-10-8-19-20(23)3-2-9-26(21(19)27)16-13-24-11-14-25(15-12-24)18-6-4-17(22)5-7-18/h2-8,10H,9,11-16H2,1H3. The van der Waals surface area contributed by atoms with E-state index in [0.29, 0.717) is 6.54 Å². The van der Waals surface area contributed by atoms with E-state index in [1.165, 1.54) is 12.1 Å². The first-order valence-corrected chi connectivity index (χ1v) is 9.46. The van der Waals surface area contributed by atoms with E-state index in [0.717, 1.165) is 56.2 Å². The Hall–Kier alpha value is -2.60. The summed E-state index contributed by atoms with van der Waals surface area (Å²) in [6.45, 7) is 6.00. The van der Waals surface area contributed by atoms with Gasteiger partial charge in [-0.25, -0.2) is 4.39 Å². The molecule has 5 nitrogen and oxygen atoms in total. The Morgan fingerprint density at radius 3 is 2.48 bits per heavy atom. The van der Waals surface area contributed by atoms with Gasteiger partial charge in [0, 0.05) is 64.7 Å². The lowest BCUT2D eigenvalue weighted by Crippen LogP contribution is -2.49. The molecule has 1 aromatic heterocycles. The molecule has 0 atom stereocenters. The number of hydrogen-bond donors (Lipinski definition) is 0. The van der Waals surface area contributed by atoms with Crippen molar-refractivity contribution in [3.8, 4) is 0 Å².